The van der Waals surface area contributed by atoms with Crippen LogP contribution in [0.3, 0.4) is 0 Å². The first-order valence-electron chi connectivity index (χ1n) is 5.64. The summed E-state index contributed by atoms with van der Waals surface area (Å²) in [4.78, 5) is 0.0533. The molecule has 0 aromatic heterocycles. The molecule has 0 fully saturated rings. The Morgan fingerprint density at radius 1 is 0.815 bits per heavy atom. The van der Waals surface area contributed by atoms with Crippen LogP contribution in [-0.2, 0) is 43.2 Å². The maximum Gasteiger partial charge on any atom is 1.00 e. The Kier molecular flexibility index (Phi) is 19.7. The Morgan fingerprint density at radius 3 is 1.93 bits per heavy atom. The summed E-state index contributed by atoms with van der Waals surface area (Å²) in [6, 6.07) is 5.85. The zero-order valence-corrected chi connectivity index (χ0v) is 17.9. The molecule has 0 atom stereocenters. The quantitative estimate of drug-likeness (QED) is 0.0869. The Bertz CT molecular complexity index is 725. The molecule has 0 aliphatic rings. The molecular weight excluding hydrogens is 439 g/mol. The van der Waals surface area contributed by atoms with Crippen molar-refractivity contribution in [1.82, 2.24) is 0 Å². The van der Waals surface area contributed by atoms with Crippen LogP contribution in [0.25, 0.3) is 0 Å². The molecule has 13 N–H and O–H groups in total. The average molecular weight is 457 g/mol. The van der Waals surface area contributed by atoms with Gasteiger partial charge in [-0.15, -0.1) is 10.2 Å². The summed E-state index contributed by atoms with van der Waals surface area (Å²) in [5, 5.41) is 58.3. The van der Waals surface area contributed by atoms with E-state index in [9.17, 15) is 20.6 Å². The Hall–Kier alpha value is -1.12. The van der Waals surface area contributed by atoms with Crippen molar-refractivity contribution in [3.05, 3.63) is 30.3 Å². The van der Waals surface area contributed by atoms with Gasteiger partial charge in [-0.25, -0.2) is 0 Å². The van der Waals surface area contributed by atoms with Gasteiger partial charge in [-0.05, 0) is 18.2 Å². The molecule has 12 nitrogen and oxygen atoms in total. The van der Waals surface area contributed by atoms with Crippen molar-refractivity contribution >= 4 is 23.4 Å². The second-order valence-electron chi connectivity index (χ2n) is 3.90. The fraction of sp³-hybridized carbons (Fsp3) is 0. The first kappa shape index (κ1) is 33.5. The van der Waals surface area contributed by atoms with Crippen molar-refractivity contribution in [2.75, 3.05) is 0 Å². The number of aromatic hydroxyl groups is 4. The number of benzene rings is 2. The van der Waals surface area contributed by atoms with E-state index in [0.717, 1.165) is 12.1 Å². The fourth-order valence-corrected chi connectivity index (χ4v) is 1.85. The topological polar surface area (TPSA) is 246 Å². The standard InChI is InChI=1S/C12H10N2O7S.Cr.Na.3H2O/c15-6-1-2-7(9(16)3-6)13-14-8-4-12(22-21-20-19)11(18)5-10(8)17;;;;;/h1-5,15-19H;;;3*1H2/q;;+1;;;/p+2. The number of hydrogen-bond donors (Lipinski definition) is 4. The maximum absolute atomic E-state index is 9.78. The van der Waals surface area contributed by atoms with E-state index < -0.39 is 0 Å². The number of phenolic OH excluding ortho intramolecular Hbond substituents is 4. The molecule has 0 heterocycles. The molecule has 146 valence electrons. The van der Waals surface area contributed by atoms with Crippen LogP contribution in [0, 0.1) is 0 Å². The summed E-state index contributed by atoms with van der Waals surface area (Å²) in [6.45, 7) is 0. The fourth-order valence-electron chi connectivity index (χ4n) is 1.45. The Balaban J connectivity index is -0.000000529. The van der Waals surface area contributed by atoms with Crippen LogP contribution in [0.5, 0.6) is 23.0 Å². The van der Waals surface area contributed by atoms with Crippen LogP contribution < -0.4 is 34.8 Å². The molecule has 0 aliphatic carbocycles. The van der Waals surface area contributed by atoms with Crippen molar-refractivity contribution < 1.29 is 98.4 Å². The molecule has 0 saturated heterocycles. The minimum Gasteiger partial charge on any atom is -0.691 e. The van der Waals surface area contributed by atoms with E-state index in [2.05, 4.69) is 19.6 Å². The molecular formula is C12H18CrN2NaO10S+3. The monoisotopic (exact) mass is 457 g/mol. The summed E-state index contributed by atoms with van der Waals surface area (Å²) < 4.78 is 4.07. The van der Waals surface area contributed by atoms with E-state index in [0.29, 0.717) is 12.0 Å². The summed E-state index contributed by atoms with van der Waals surface area (Å²) in [5.41, 5.74) is 0.000827. The minimum atomic E-state index is -0.382. The molecule has 15 heteroatoms. The molecule has 0 unspecified atom stereocenters. The molecule has 0 saturated carbocycles. The van der Waals surface area contributed by atoms with Gasteiger partial charge in [-0.2, -0.15) is 4.33 Å². The Labute approximate surface area is 189 Å². The van der Waals surface area contributed by atoms with E-state index in [1.54, 1.807) is 0 Å². The largest absolute Gasteiger partial charge is 1.00 e. The molecule has 0 bridgehead atoms. The number of nitrogens with zero attached hydrogens (tertiary/aromatic N) is 2. The van der Waals surface area contributed by atoms with Gasteiger partial charge in [0.25, 0.3) is 0 Å². The maximum atomic E-state index is 9.78. The second kappa shape index (κ2) is 15.9. The molecule has 2 rings (SSSR count). The van der Waals surface area contributed by atoms with E-state index in [-0.39, 0.29) is 103 Å². The van der Waals surface area contributed by atoms with Crippen molar-refractivity contribution in [3.63, 3.8) is 0 Å². The number of azo groups is 1. The van der Waals surface area contributed by atoms with Crippen molar-refractivity contribution in [2.24, 2.45) is 10.2 Å². The van der Waals surface area contributed by atoms with Gasteiger partial charge in [0.15, 0.2) is 0 Å². The molecule has 27 heavy (non-hydrogen) atoms. The van der Waals surface area contributed by atoms with Gasteiger partial charge in [0.1, 0.15) is 34.4 Å². The molecule has 0 radical (unpaired) electrons. The van der Waals surface area contributed by atoms with E-state index in [1.807, 2.05) is 0 Å². The van der Waals surface area contributed by atoms with Gasteiger partial charge < -0.3 is 42.1 Å². The predicted octanol–water partition coefficient (Wildman–Crippen LogP) is -3.61. The van der Waals surface area contributed by atoms with Crippen molar-refractivity contribution in [1.29, 1.82) is 0 Å². The van der Waals surface area contributed by atoms with Crippen molar-refractivity contribution in [3.8, 4) is 23.0 Å². The first-order valence-corrected chi connectivity index (χ1v) is 6.38. The van der Waals surface area contributed by atoms with Crippen LogP contribution in [0.4, 0.5) is 11.4 Å². The molecule has 0 amide bonds. The zero-order valence-electron chi connectivity index (χ0n) is 13.8. The summed E-state index contributed by atoms with van der Waals surface area (Å²) >= 11 is 0.417. The van der Waals surface area contributed by atoms with Gasteiger partial charge in [-0.1, -0.05) is 0 Å². The molecule has 2 aromatic carbocycles. The smallest absolute Gasteiger partial charge is 0.691 e. The summed E-state index contributed by atoms with van der Waals surface area (Å²) in [5.74, 6) is -1.19. The molecule has 2 aromatic rings. The van der Waals surface area contributed by atoms with Crippen LogP contribution in [-0.4, -0.2) is 20.4 Å². The van der Waals surface area contributed by atoms with Crippen LogP contribution >= 0.6 is 12.0 Å². The zero-order chi connectivity index (χ0) is 16.1. The SMILES string of the molecule is [Cr].[Na+].[O-]OOSc1cc(N=Nc2ccc(O)cc2O)c(O)cc1O.[OH3+].[OH3+].[OH3+]. The number of hydrogen-bond acceptors (Lipinski definition) is 10. The van der Waals surface area contributed by atoms with Gasteiger partial charge in [0.05, 0.1) is 16.9 Å². The van der Waals surface area contributed by atoms with Crippen molar-refractivity contribution in [2.45, 2.75) is 4.90 Å². The van der Waals surface area contributed by atoms with Crippen LogP contribution in [0.15, 0.2) is 45.5 Å². The minimum absolute atomic E-state index is 0. The predicted molar refractivity (Wildman–Crippen MR) is 86.4 cm³/mol. The number of phenols is 4. The van der Waals surface area contributed by atoms with E-state index in [1.165, 1.54) is 18.2 Å². The Morgan fingerprint density at radius 2 is 1.37 bits per heavy atom. The van der Waals surface area contributed by atoms with E-state index >= 15 is 0 Å². The van der Waals surface area contributed by atoms with Gasteiger partial charge in [0.2, 0.25) is 0 Å². The van der Waals surface area contributed by atoms with Crippen LogP contribution in [0.1, 0.15) is 0 Å². The molecule has 0 spiro atoms. The summed E-state index contributed by atoms with van der Waals surface area (Å²) in [7, 11) is 0. The average Bonchev–Trinajstić information content (AvgIpc) is 2.47. The van der Waals surface area contributed by atoms with Gasteiger partial charge in [-0.3, -0.25) is 5.04 Å². The normalized spacial score (nSPS) is 9.07. The third-order valence-corrected chi connectivity index (χ3v) is 3.06. The van der Waals surface area contributed by atoms with Gasteiger partial charge >= 0.3 is 29.6 Å². The number of rotatable bonds is 5. The third-order valence-electron chi connectivity index (χ3n) is 2.43. The second-order valence-corrected chi connectivity index (χ2v) is 4.64. The molecule has 0 aliphatic heterocycles. The first-order chi connectivity index (χ1) is 10.5. The van der Waals surface area contributed by atoms with Gasteiger partial charge in [0, 0.05) is 29.5 Å². The van der Waals surface area contributed by atoms with E-state index in [4.69, 9.17) is 5.11 Å². The third kappa shape index (κ3) is 9.58. The summed E-state index contributed by atoms with van der Waals surface area (Å²) in [6.07, 6.45) is 0. The van der Waals surface area contributed by atoms with Crippen LogP contribution in [0.2, 0.25) is 0 Å².